The van der Waals surface area contributed by atoms with Crippen LogP contribution in [0.5, 0.6) is 0 Å². The molecular weight excluding hydrogens is 454 g/mol. The van der Waals surface area contributed by atoms with Gasteiger partial charge < -0.3 is 5.73 Å². The van der Waals surface area contributed by atoms with Crippen LogP contribution in [0.4, 0.5) is 5.69 Å². The molecule has 0 saturated heterocycles. The molecule has 0 fully saturated rings. The van der Waals surface area contributed by atoms with Gasteiger partial charge in [-0.1, -0.05) is 48.0 Å². The number of benzene rings is 3. The van der Waals surface area contributed by atoms with Crippen molar-refractivity contribution in [1.29, 1.82) is 0 Å². The van der Waals surface area contributed by atoms with E-state index in [1.54, 1.807) is 18.2 Å². The zero-order chi connectivity index (χ0) is 23.7. The summed E-state index contributed by atoms with van der Waals surface area (Å²) in [5.41, 5.74) is 16.1. The van der Waals surface area contributed by atoms with Crippen LogP contribution >= 0.6 is 11.6 Å². The third kappa shape index (κ3) is 2.55. The normalized spacial score (nSPS) is 13.7. The second-order valence-corrected chi connectivity index (χ2v) is 9.40. The minimum Gasteiger partial charge on any atom is -0.398 e. The smallest absolute Gasteiger partial charge is 0.195 e. The van der Waals surface area contributed by atoms with Gasteiger partial charge in [0, 0.05) is 57.8 Å². The van der Waals surface area contributed by atoms with Gasteiger partial charge in [0.1, 0.15) is 0 Å². The molecule has 0 saturated carbocycles. The Bertz CT molecular complexity index is 1660. The Morgan fingerprint density at radius 3 is 2.09 bits per heavy atom. The summed E-state index contributed by atoms with van der Waals surface area (Å²) in [5, 5.41) is 0.506. The predicted octanol–water partition coefficient (Wildman–Crippen LogP) is 6.29. The highest BCUT2D eigenvalue weighted by Crippen LogP contribution is 2.62. The molecule has 1 spiro atoms. The molecule has 0 bridgehead atoms. The van der Waals surface area contributed by atoms with Crippen molar-refractivity contribution in [2.75, 3.05) is 5.73 Å². The number of aromatic nitrogens is 2. The molecule has 2 aliphatic rings. The van der Waals surface area contributed by atoms with Crippen LogP contribution in [-0.4, -0.2) is 15.8 Å². The summed E-state index contributed by atoms with van der Waals surface area (Å²) in [6.45, 7) is 0. The van der Waals surface area contributed by atoms with Crippen LogP contribution in [0.25, 0.3) is 22.3 Å². The Hall–Kier alpha value is -4.28. The Morgan fingerprint density at radius 1 is 0.714 bits per heavy atom. The summed E-state index contributed by atoms with van der Waals surface area (Å²) >= 11 is 6.05. The van der Waals surface area contributed by atoms with E-state index in [-0.39, 0.29) is 5.78 Å². The second kappa shape index (κ2) is 7.11. The van der Waals surface area contributed by atoms with Crippen LogP contribution in [-0.2, 0) is 5.41 Å². The number of carbonyl (C=O) groups is 1. The molecule has 166 valence electrons. The van der Waals surface area contributed by atoms with E-state index >= 15 is 0 Å². The van der Waals surface area contributed by atoms with E-state index in [0.29, 0.717) is 21.8 Å². The molecule has 4 nitrogen and oxygen atoms in total. The molecular formula is C30H18ClN3O. The van der Waals surface area contributed by atoms with E-state index < -0.39 is 5.41 Å². The number of fused-ring (bicyclic) bond motifs is 10. The Kier molecular flexibility index (Phi) is 4.09. The lowest BCUT2D eigenvalue weighted by molar-refractivity contribution is 0.103. The number of nitrogen functional groups attached to an aromatic ring is 1. The number of hydrogen-bond acceptors (Lipinski definition) is 4. The molecule has 0 amide bonds. The largest absolute Gasteiger partial charge is 0.398 e. The number of ketones is 1. The molecule has 0 aliphatic heterocycles. The molecule has 3 aromatic carbocycles. The number of pyridine rings is 2. The van der Waals surface area contributed by atoms with Gasteiger partial charge in [0.2, 0.25) is 0 Å². The maximum atomic E-state index is 13.5. The van der Waals surface area contributed by atoms with Crippen molar-refractivity contribution >= 4 is 23.1 Å². The highest BCUT2D eigenvalue weighted by atomic mass is 35.5. The summed E-state index contributed by atoms with van der Waals surface area (Å²) < 4.78 is 0. The highest BCUT2D eigenvalue weighted by molar-refractivity contribution is 6.31. The topological polar surface area (TPSA) is 68.9 Å². The average Bonchev–Trinajstić information content (AvgIpc) is 3.35. The standard InChI is InChI=1S/C30H18ClN3O/c31-18-6-7-20(28(32)14-18)29(35)17-5-8-25-21(13-17)19-3-1-2-4-24(19)30(25)26-9-11-33-15-22(26)23-16-34-12-10-27(23)30/h1-16H,32H2. The minimum absolute atomic E-state index is 0.124. The second-order valence-electron chi connectivity index (χ2n) is 8.96. The number of hydrogen-bond donors (Lipinski definition) is 1. The number of carbonyl (C=O) groups excluding carboxylic acids is 1. The van der Waals surface area contributed by atoms with Gasteiger partial charge in [-0.2, -0.15) is 0 Å². The van der Waals surface area contributed by atoms with E-state index in [0.717, 1.165) is 27.8 Å². The lowest BCUT2D eigenvalue weighted by Gasteiger charge is -2.30. The molecule has 2 aliphatic carbocycles. The summed E-state index contributed by atoms with van der Waals surface area (Å²) in [5.74, 6) is -0.124. The zero-order valence-corrected chi connectivity index (χ0v) is 19.3. The summed E-state index contributed by atoms with van der Waals surface area (Å²) in [7, 11) is 0. The van der Waals surface area contributed by atoms with Gasteiger partial charge in [-0.25, -0.2) is 0 Å². The maximum absolute atomic E-state index is 13.5. The van der Waals surface area contributed by atoms with Crippen molar-refractivity contribution in [3.05, 3.63) is 136 Å². The highest BCUT2D eigenvalue weighted by Gasteiger charge is 2.51. The number of rotatable bonds is 2. The molecule has 0 radical (unpaired) electrons. The van der Waals surface area contributed by atoms with Crippen LogP contribution in [0.15, 0.2) is 97.6 Å². The minimum atomic E-state index is -0.483. The van der Waals surface area contributed by atoms with Gasteiger partial charge in [-0.05, 0) is 69.8 Å². The average molecular weight is 472 g/mol. The first kappa shape index (κ1) is 20.1. The van der Waals surface area contributed by atoms with Crippen molar-refractivity contribution in [2.45, 2.75) is 5.41 Å². The molecule has 35 heavy (non-hydrogen) atoms. The molecule has 5 aromatic rings. The molecule has 7 rings (SSSR count). The number of anilines is 1. The van der Waals surface area contributed by atoms with Crippen molar-refractivity contribution in [3.8, 4) is 22.3 Å². The monoisotopic (exact) mass is 471 g/mol. The van der Waals surface area contributed by atoms with Crippen molar-refractivity contribution in [3.63, 3.8) is 0 Å². The Balaban J connectivity index is 1.51. The number of nitrogens with zero attached hydrogens (tertiary/aromatic N) is 2. The SMILES string of the molecule is Nc1cc(Cl)ccc1C(=O)c1ccc2c(c1)-c1ccccc1C21c2ccncc2-c2cnccc21. The van der Waals surface area contributed by atoms with Gasteiger partial charge in [0.05, 0.1) is 5.41 Å². The van der Waals surface area contributed by atoms with Crippen LogP contribution < -0.4 is 5.73 Å². The lowest BCUT2D eigenvalue weighted by Crippen LogP contribution is -2.26. The van der Waals surface area contributed by atoms with Crippen molar-refractivity contribution < 1.29 is 4.79 Å². The number of nitrogens with two attached hydrogens (primary N) is 1. The molecule has 2 N–H and O–H groups in total. The van der Waals surface area contributed by atoms with Gasteiger partial charge >= 0.3 is 0 Å². The molecule has 0 unspecified atom stereocenters. The van der Waals surface area contributed by atoms with Crippen LogP contribution in [0, 0.1) is 0 Å². The third-order valence-corrected chi connectivity index (χ3v) is 7.54. The maximum Gasteiger partial charge on any atom is 0.195 e. The first-order valence-electron chi connectivity index (χ1n) is 11.3. The van der Waals surface area contributed by atoms with E-state index in [4.69, 9.17) is 17.3 Å². The lowest BCUT2D eigenvalue weighted by atomic mass is 9.71. The van der Waals surface area contributed by atoms with Crippen LogP contribution in [0.1, 0.15) is 38.2 Å². The van der Waals surface area contributed by atoms with Crippen molar-refractivity contribution in [2.24, 2.45) is 0 Å². The fourth-order valence-corrected chi connectivity index (χ4v) is 6.10. The summed E-state index contributed by atoms with van der Waals surface area (Å²) in [6, 6.07) is 23.6. The summed E-state index contributed by atoms with van der Waals surface area (Å²) in [4.78, 5) is 22.3. The van der Waals surface area contributed by atoms with E-state index in [9.17, 15) is 4.79 Å². The fourth-order valence-electron chi connectivity index (χ4n) is 5.92. The molecule has 0 atom stereocenters. The Labute approximate surface area is 207 Å². The van der Waals surface area contributed by atoms with Crippen molar-refractivity contribution in [1.82, 2.24) is 9.97 Å². The van der Waals surface area contributed by atoms with Gasteiger partial charge in [0.15, 0.2) is 5.78 Å². The third-order valence-electron chi connectivity index (χ3n) is 7.31. The first-order valence-corrected chi connectivity index (χ1v) is 11.7. The fraction of sp³-hybridized carbons (Fsp3) is 0.0333. The van der Waals surface area contributed by atoms with Crippen LogP contribution in [0.2, 0.25) is 5.02 Å². The zero-order valence-electron chi connectivity index (χ0n) is 18.5. The molecule has 5 heteroatoms. The van der Waals surface area contributed by atoms with E-state index in [2.05, 4.69) is 46.4 Å². The van der Waals surface area contributed by atoms with Gasteiger partial charge in [-0.15, -0.1) is 0 Å². The molecule has 2 aromatic heterocycles. The van der Waals surface area contributed by atoms with Crippen LogP contribution in [0.3, 0.4) is 0 Å². The Morgan fingerprint density at radius 2 is 1.37 bits per heavy atom. The number of halogens is 1. The summed E-state index contributed by atoms with van der Waals surface area (Å²) in [6.07, 6.45) is 7.54. The molecule has 2 heterocycles. The predicted molar refractivity (Wildman–Crippen MR) is 138 cm³/mol. The quantitative estimate of drug-likeness (QED) is 0.238. The van der Waals surface area contributed by atoms with E-state index in [1.807, 2.05) is 43.0 Å². The van der Waals surface area contributed by atoms with Gasteiger partial charge in [0.25, 0.3) is 0 Å². The first-order chi connectivity index (χ1) is 17.1. The van der Waals surface area contributed by atoms with E-state index in [1.165, 1.54) is 16.7 Å². The van der Waals surface area contributed by atoms with Gasteiger partial charge in [-0.3, -0.25) is 14.8 Å².